The van der Waals surface area contributed by atoms with Crippen molar-refractivity contribution in [2.24, 2.45) is 5.92 Å². The number of amides is 1. The Labute approximate surface area is 157 Å². The van der Waals surface area contributed by atoms with Crippen molar-refractivity contribution < 1.29 is 18.0 Å². The Balaban J connectivity index is 1.71. The lowest BCUT2D eigenvalue weighted by molar-refractivity contribution is -0.137. The highest BCUT2D eigenvalue weighted by atomic mass is 19.4. The van der Waals surface area contributed by atoms with Crippen molar-refractivity contribution >= 4 is 5.91 Å². The van der Waals surface area contributed by atoms with Crippen LogP contribution in [0.1, 0.15) is 50.1 Å². The smallest absolute Gasteiger partial charge is 0.332 e. The monoisotopic (exact) mass is 379 g/mol. The topological polar surface area (TPSA) is 38.1 Å². The molecule has 0 atom stereocenters. The SMILES string of the molecule is CC(C)CC(=O)N(Cc1nccn1Cc1ccc(C(F)(F)F)cc1)C1CC1. The summed E-state index contributed by atoms with van der Waals surface area (Å²) in [5.41, 5.74) is 0.102. The molecule has 1 saturated carbocycles. The van der Waals surface area contributed by atoms with Crippen molar-refractivity contribution in [1.29, 1.82) is 0 Å². The van der Waals surface area contributed by atoms with Crippen molar-refractivity contribution in [3.8, 4) is 0 Å². The van der Waals surface area contributed by atoms with Crippen molar-refractivity contribution in [3.05, 3.63) is 53.6 Å². The number of nitrogens with zero attached hydrogens (tertiary/aromatic N) is 3. The highest BCUT2D eigenvalue weighted by molar-refractivity contribution is 5.77. The Morgan fingerprint density at radius 2 is 1.93 bits per heavy atom. The second-order valence-corrected chi connectivity index (χ2v) is 7.52. The Morgan fingerprint density at radius 1 is 1.26 bits per heavy atom. The summed E-state index contributed by atoms with van der Waals surface area (Å²) in [5, 5.41) is 0. The molecule has 2 aromatic rings. The number of halogens is 3. The van der Waals surface area contributed by atoms with Crippen LogP contribution < -0.4 is 0 Å². The molecule has 0 spiro atoms. The average molecular weight is 379 g/mol. The molecular weight excluding hydrogens is 355 g/mol. The highest BCUT2D eigenvalue weighted by Crippen LogP contribution is 2.30. The van der Waals surface area contributed by atoms with Gasteiger partial charge in [0.05, 0.1) is 12.1 Å². The maximum absolute atomic E-state index is 12.7. The Hall–Kier alpha value is -2.31. The molecule has 0 radical (unpaired) electrons. The van der Waals surface area contributed by atoms with Gasteiger partial charge >= 0.3 is 6.18 Å². The summed E-state index contributed by atoms with van der Waals surface area (Å²) in [6.07, 6.45) is 1.67. The van der Waals surface area contributed by atoms with Gasteiger partial charge in [-0.2, -0.15) is 13.2 Å². The maximum atomic E-state index is 12.7. The van der Waals surface area contributed by atoms with E-state index in [-0.39, 0.29) is 11.9 Å². The Morgan fingerprint density at radius 3 is 2.48 bits per heavy atom. The highest BCUT2D eigenvalue weighted by Gasteiger charge is 2.33. The molecule has 1 aliphatic carbocycles. The minimum absolute atomic E-state index is 0.136. The number of carbonyl (C=O) groups excluding carboxylic acids is 1. The van der Waals surface area contributed by atoms with Crippen LogP contribution in [0, 0.1) is 5.92 Å². The fraction of sp³-hybridized carbons (Fsp3) is 0.500. The molecule has 1 aliphatic rings. The van der Waals surface area contributed by atoms with Gasteiger partial charge in [-0.1, -0.05) is 26.0 Å². The predicted molar refractivity (Wildman–Crippen MR) is 95.8 cm³/mol. The van der Waals surface area contributed by atoms with E-state index in [1.165, 1.54) is 12.1 Å². The molecular formula is C20H24F3N3O. The molecule has 3 rings (SSSR count). The van der Waals surface area contributed by atoms with Crippen LogP contribution in [-0.2, 0) is 24.1 Å². The first kappa shape index (κ1) is 19.5. The summed E-state index contributed by atoms with van der Waals surface area (Å²) in [6, 6.07) is 5.43. The molecule has 7 heteroatoms. The first-order chi connectivity index (χ1) is 12.7. The average Bonchev–Trinajstić information content (AvgIpc) is 3.33. The van der Waals surface area contributed by atoms with Gasteiger partial charge in [0.25, 0.3) is 0 Å². The lowest BCUT2D eigenvalue weighted by Crippen LogP contribution is -2.34. The summed E-state index contributed by atoms with van der Waals surface area (Å²) < 4.78 is 40.0. The molecule has 0 aliphatic heterocycles. The van der Waals surface area contributed by atoms with Crippen LogP contribution in [0.4, 0.5) is 13.2 Å². The number of rotatable bonds is 7. The van der Waals surface area contributed by atoms with Gasteiger partial charge in [-0.05, 0) is 36.5 Å². The molecule has 0 saturated heterocycles. The van der Waals surface area contributed by atoms with E-state index in [0.29, 0.717) is 25.4 Å². The van der Waals surface area contributed by atoms with Gasteiger partial charge in [0, 0.05) is 31.4 Å². The van der Waals surface area contributed by atoms with E-state index in [4.69, 9.17) is 0 Å². The molecule has 0 N–H and O–H groups in total. The van der Waals surface area contributed by atoms with Gasteiger partial charge in [0.15, 0.2) is 0 Å². The number of alkyl halides is 3. The van der Waals surface area contributed by atoms with Crippen molar-refractivity contribution in [2.75, 3.05) is 0 Å². The maximum Gasteiger partial charge on any atom is 0.416 e. The van der Waals surface area contributed by atoms with Crippen molar-refractivity contribution in [3.63, 3.8) is 0 Å². The van der Waals surface area contributed by atoms with Crippen LogP contribution >= 0.6 is 0 Å². The van der Waals surface area contributed by atoms with Crippen LogP contribution in [0.2, 0.25) is 0 Å². The van der Waals surface area contributed by atoms with E-state index < -0.39 is 11.7 Å². The zero-order valence-electron chi connectivity index (χ0n) is 15.5. The van der Waals surface area contributed by atoms with Gasteiger partial charge in [-0.3, -0.25) is 4.79 Å². The molecule has 146 valence electrons. The second kappa shape index (κ2) is 7.74. The number of hydrogen-bond acceptors (Lipinski definition) is 2. The van der Waals surface area contributed by atoms with E-state index in [1.54, 1.807) is 12.4 Å². The zero-order chi connectivity index (χ0) is 19.6. The molecule has 4 nitrogen and oxygen atoms in total. The molecule has 1 aromatic heterocycles. The van der Waals surface area contributed by atoms with Gasteiger partial charge in [-0.15, -0.1) is 0 Å². The zero-order valence-corrected chi connectivity index (χ0v) is 15.5. The lowest BCUT2D eigenvalue weighted by atomic mass is 10.1. The Kier molecular flexibility index (Phi) is 5.58. The van der Waals surface area contributed by atoms with Crippen molar-refractivity contribution in [2.45, 2.75) is 58.4 Å². The lowest BCUT2D eigenvalue weighted by Gasteiger charge is -2.23. The third-order valence-corrected chi connectivity index (χ3v) is 4.64. The van der Waals surface area contributed by atoms with E-state index >= 15 is 0 Å². The molecule has 27 heavy (non-hydrogen) atoms. The summed E-state index contributed by atoms with van der Waals surface area (Å²) in [6.45, 7) is 4.90. The number of aromatic nitrogens is 2. The number of imidazole rings is 1. The summed E-state index contributed by atoms with van der Waals surface area (Å²) >= 11 is 0. The van der Waals surface area contributed by atoms with E-state index in [9.17, 15) is 18.0 Å². The summed E-state index contributed by atoms with van der Waals surface area (Å²) in [5.74, 6) is 1.18. The molecule has 1 aromatic carbocycles. The fourth-order valence-electron chi connectivity index (χ4n) is 3.06. The largest absolute Gasteiger partial charge is 0.416 e. The minimum atomic E-state index is -4.33. The van der Waals surface area contributed by atoms with E-state index in [2.05, 4.69) is 4.98 Å². The van der Waals surface area contributed by atoms with Gasteiger partial charge < -0.3 is 9.47 Å². The van der Waals surface area contributed by atoms with Crippen molar-refractivity contribution in [1.82, 2.24) is 14.5 Å². The van der Waals surface area contributed by atoms with Crippen LogP contribution in [-0.4, -0.2) is 26.4 Å². The van der Waals surface area contributed by atoms with Gasteiger partial charge in [-0.25, -0.2) is 4.98 Å². The van der Waals surface area contributed by atoms with Gasteiger partial charge in [0.1, 0.15) is 5.82 Å². The molecule has 0 unspecified atom stereocenters. The van der Waals surface area contributed by atoms with Crippen LogP contribution in [0.25, 0.3) is 0 Å². The summed E-state index contributed by atoms with van der Waals surface area (Å²) in [7, 11) is 0. The first-order valence-electron chi connectivity index (χ1n) is 9.19. The third kappa shape index (κ3) is 5.11. The number of hydrogen-bond donors (Lipinski definition) is 0. The minimum Gasteiger partial charge on any atom is -0.332 e. The third-order valence-electron chi connectivity index (χ3n) is 4.64. The van der Waals surface area contributed by atoms with Crippen LogP contribution in [0.15, 0.2) is 36.7 Å². The molecule has 0 bridgehead atoms. The van der Waals surface area contributed by atoms with Gasteiger partial charge in [0.2, 0.25) is 5.91 Å². The van der Waals surface area contributed by atoms with E-state index in [1.807, 2.05) is 23.3 Å². The standard InChI is InChI=1S/C20H24F3N3O/c1-14(2)11-19(27)26(17-7-8-17)13-18-24-9-10-25(18)12-15-3-5-16(6-4-15)20(21,22)23/h3-6,9-10,14,17H,7-8,11-13H2,1-2H3. The normalized spacial score (nSPS) is 14.6. The number of benzene rings is 1. The molecule has 1 fully saturated rings. The Bertz CT molecular complexity index is 777. The van der Waals surface area contributed by atoms with Crippen LogP contribution in [0.3, 0.4) is 0 Å². The second-order valence-electron chi connectivity index (χ2n) is 7.52. The van der Waals surface area contributed by atoms with Crippen LogP contribution in [0.5, 0.6) is 0 Å². The quantitative estimate of drug-likeness (QED) is 0.711. The molecule has 1 heterocycles. The number of carbonyl (C=O) groups is 1. The first-order valence-corrected chi connectivity index (χ1v) is 9.19. The fourth-order valence-corrected chi connectivity index (χ4v) is 3.06. The summed E-state index contributed by atoms with van der Waals surface area (Å²) in [4.78, 5) is 18.8. The molecule has 1 amide bonds. The predicted octanol–water partition coefficient (Wildman–Crippen LogP) is 4.49. The van der Waals surface area contributed by atoms with E-state index in [0.717, 1.165) is 36.4 Å².